The molecule has 1 aromatic rings. The van der Waals surface area contributed by atoms with Crippen LogP contribution in [0.2, 0.25) is 0 Å². The van der Waals surface area contributed by atoms with Crippen LogP contribution in [0.15, 0.2) is 24.3 Å². The number of morpholine rings is 1. The Hall–Kier alpha value is -1.10. The van der Waals surface area contributed by atoms with Crippen LogP contribution in [0.25, 0.3) is 0 Å². The molecule has 0 aromatic heterocycles. The number of hydrogen-bond acceptors (Lipinski definition) is 3. The van der Waals surface area contributed by atoms with E-state index in [9.17, 15) is 4.79 Å². The van der Waals surface area contributed by atoms with Crippen LogP contribution in [0.1, 0.15) is 25.3 Å². The van der Waals surface area contributed by atoms with Gasteiger partial charge in [-0.05, 0) is 18.1 Å². The minimum Gasteiger partial charge on any atom is -0.375 e. The number of para-hydroxylation sites is 1. The lowest BCUT2D eigenvalue weighted by Gasteiger charge is -2.23. The highest BCUT2D eigenvalue weighted by atomic mass is 35.5. The Morgan fingerprint density at radius 2 is 2.25 bits per heavy atom. The summed E-state index contributed by atoms with van der Waals surface area (Å²) in [5.74, 6) is 0.0252. The van der Waals surface area contributed by atoms with Crippen molar-refractivity contribution >= 4 is 24.0 Å². The highest BCUT2D eigenvalue weighted by Crippen LogP contribution is 2.17. The van der Waals surface area contributed by atoms with Gasteiger partial charge in [0.1, 0.15) is 0 Å². The van der Waals surface area contributed by atoms with Crippen LogP contribution in [-0.2, 0) is 16.0 Å². The predicted octanol–water partition coefficient (Wildman–Crippen LogP) is 2.38. The Morgan fingerprint density at radius 3 is 2.95 bits per heavy atom. The SMILES string of the molecule is CCCc1ccccc1NC(=O)CC1CNCCO1.Cl. The maximum Gasteiger partial charge on any atom is 0.227 e. The molecule has 0 bridgehead atoms. The third-order valence-electron chi connectivity index (χ3n) is 3.23. The topological polar surface area (TPSA) is 50.4 Å². The molecular weight excluding hydrogens is 276 g/mol. The van der Waals surface area contributed by atoms with Gasteiger partial charge in [-0.25, -0.2) is 0 Å². The van der Waals surface area contributed by atoms with Crippen LogP contribution in [0.3, 0.4) is 0 Å². The zero-order valence-corrected chi connectivity index (χ0v) is 12.7. The zero-order chi connectivity index (χ0) is 13.5. The van der Waals surface area contributed by atoms with Gasteiger partial charge in [0.15, 0.2) is 0 Å². The number of hydrogen-bond donors (Lipinski definition) is 2. The third-order valence-corrected chi connectivity index (χ3v) is 3.23. The molecule has 5 heteroatoms. The molecule has 0 aliphatic carbocycles. The first kappa shape index (κ1) is 17.0. The lowest BCUT2D eigenvalue weighted by atomic mass is 10.1. The number of ether oxygens (including phenoxy) is 1. The van der Waals surface area contributed by atoms with E-state index in [0.29, 0.717) is 13.0 Å². The highest BCUT2D eigenvalue weighted by Gasteiger charge is 2.17. The number of rotatable bonds is 5. The van der Waals surface area contributed by atoms with Crippen LogP contribution in [0.5, 0.6) is 0 Å². The maximum atomic E-state index is 12.0. The fourth-order valence-corrected chi connectivity index (χ4v) is 2.29. The number of carbonyl (C=O) groups excluding carboxylic acids is 1. The molecule has 112 valence electrons. The Kier molecular flexibility index (Phi) is 7.59. The van der Waals surface area contributed by atoms with Gasteiger partial charge in [-0.2, -0.15) is 0 Å². The molecule has 1 aliphatic heterocycles. The molecule has 1 atom stereocenters. The Bertz CT molecular complexity index is 420. The van der Waals surface area contributed by atoms with E-state index in [1.54, 1.807) is 0 Å². The fourth-order valence-electron chi connectivity index (χ4n) is 2.29. The second-order valence-electron chi connectivity index (χ2n) is 4.86. The zero-order valence-electron chi connectivity index (χ0n) is 11.9. The largest absolute Gasteiger partial charge is 0.375 e. The van der Waals surface area contributed by atoms with Gasteiger partial charge in [0, 0.05) is 18.8 Å². The Labute approximate surface area is 126 Å². The number of amides is 1. The van der Waals surface area contributed by atoms with E-state index >= 15 is 0 Å². The summed E-state index contributed by atoms with van der Waals surface area (Å²) in [6.07, 6.45) is 2.46. The van der Waals surface area contributed by atoms with E-state index in [1.807, 2.05) is 18.2 Å². The standard InChI is InChI=1S/C15H22N2O2.ClH/c1-2-5-12-6-3-4-7-14(12)17-15(18)10-13-11-16-8-9-19-13;/h3-4,6-7,13,16H,2,5,8-11H2,1H3,(H,17,18);1H. The van der Waals surface area contributed by atoms with Gasteiger partial charge in [0.05, 0.1) is 19.1 Å². The molecule has 2 rings (SSSR count). The molecule has 20 heavy (non-hydrogen) atoms. The summed E-state index contributed by atoms with van der Waals surface area (Å²) >= 11 is 0. The summed E-state index contributed by atoms with van der Waals surface area (Å²) < 4.78 is 5.54. The molecule has 1 aromatic carbocycles. The lowest BCUT2D eigenvalue weighted by Crippen LogP contribution is -2.40. The molecule has 1 unspecified atom stereocenters. The average Bonchev–Trinajstić information content (AvgIpc) is 2.42. The van der Waals surface area contributed by atoms with Gasteiger partial charge in [0.2, 0.25) is 5.91 Å². The molecule has 0 spiro atoms. The van der Waals surface area contributed by atoms with E-state index in [1.165, 1.54) is 5.56 Å². The van der Waals surface area contributed by atoms with Crippen molar-refractivity contribution < 1.29 is 9.53 Å². The van der Waals surface area contributed by atoms with E-state index in [0.717, 1.165) is 31.6 Å². The van der Waals surface area contributed by atoms with Gasteiger partial charge < -0.3 is 15.4 Å². The number of benzene rings is 1. The minimum absolute atomic E-state index is 0. The van der Waals surface area contributed by atoms with Crippen molar-refractivity contribution in [2.24, 2.45) is 0 Å². The van der Waals surface area contributed by atoms with Crippen molar-refractivity contribution in [2.45, 2.75) is 32.3 Å². The van der Waals surface area contributed by atoms with Gasteiger partial charge in [-0.15, -0.1) is 12.4 Å². The van der Waals surface area contributed by atoms with Crippen molar-refractivity contribution in [3.8, 4) is 0 Å². The first-order valence-corrected chi connectivity index (χ1v) is 6.99. The molecule has 1 aliphatic rings. The molecular formula is C15H23ClN2O2. The van der Waals surface area contributed by atoms with Crippen molar-refractivity contribution in [1.29, 1.82) is 0 Å². The van der Waals surface area contributed by atoms with Crippen molar-refractivity contribution in [2.75, 3.05) is 25.0 Å². The fraction of sp³-hybridized carbons (Fsp3) is 0.533. The normalized spacial score (nSPS) is 18.1. The van der Waals surface area contributed by atoms with E-state index in [4.69, 9.17) is 4.74 Å². The monoisotopic (exact) mass is 298 g/mol. The van der Waals surface area contributed by atoms with Gasteiger partial charge in [0.25, 0.3) is 0 Å². The minimum atomic E-state index is -0.00733. The molecule has 1 fully saturated rings. The van der Waals surface area contributed by atoms with Crippen LogP contribution >= 0.6 is 12.4 Å². The van der Waals surface area contributed by atoms with Crippen LogP contribution < -0.4 is 10.6 Å². The average molecular weight is 299 g/mol. The lowest BCUT2D eigenvalue weighted by molar-refractivity contribution is -0.119. The maximum absolute atomic E-state index is 12.0. The first-order valence-electron chi connectivity index (χ1n) is 6.99. The highest BCUT2D eigenvalue weighted by molar-refractivity contribution is 5.91. The number of nitrogens with one attached hydrogen (secondary N) is 2. The Balaban J connectivity index is 0.00000200. The number of anilines is 1. The number of halogens is 1. The van der Waals surface area contributed by atoms with Crippen LogP contribution in [0, 0.1) is 0 Å². The molecule has 1 saturated heterocycles. The summed E-state index contributed by atoms with van der Waals surface area (Å²) in [7, 11) is 0. The van der Waals surface area contributed by atoms with Crippen molar-refractivity contribution in [3.63, 3.8) is 0 Å². The predicted molar refractivity (Wildman–Crippen MR) is 83.5 cm³/mol. The summed E-state index contributed by atoms with van der Waals surface area (Å²) in [5, 5.41) is 6.23. The summed E-state index contributed by atoms with van der Waals surface area (Å²) in [5.41, 5.74) is 2.12. The summed E-state index contributed by atoms with van der Waals surface area (Å²) in [6.45, 7) is 4.45. The molecule has 4 nitrogen and oxygen atoms in total. The molecule has 1 heterocycles. The number of aryl methyl sites for hydroxylation is 1. The second kappa shape index (κ2) is 8.95. The molecule has 0 radical (unpaired) electrons. The molecule has 0 saturated carbocycles. The van der Waals surface area contributed by atoms with E-state index in [2.05, 4.69) is 23.6 Å². The summed E-state index contributed by atoms with van der Waals surface area (Å²) in [4.78, 5) is 12.0. The molecule has 1 amide bonds. The van der Waals surface area contributed by atoms with E-state index in [-0.39, 0.29) is 24.4 Å². The van der Waals surface area contributed by atoms with Crippen LogP contribution in [0.4, 0.5) is 5.69 Å². The third kappa shape index (κ3) is 5.12. The van der Waals surface area contributed by atoms with Crippen LogP contribution in [-0.4, -0.2) is 31.7 Å². The number of carbonyl (C=O) groups is 1. The van der Waals surface area contributed by atoms with Crippen molar-refractivity contribution in [3.05, 3.63) is 29.8 Å². The van der Waals surface area contributed by atoms with Gasteiger partial charge in [-0.3, -0.25) is 4.79 Å². The van der Waals surface area contributed by atoms with Gasteiger partial charge in [-0.1, -0.05) is 31.5 Å². The van der Waals surface area contributed by atoms with Crippen molar-refractivity contribution in [1.82, 2.24) is 5.32 Å². The Morgan fingerprint density at radius 1 is 1.45 bits per heavy atom. The quantitative estimate of drug-likeness (QED) is 0.877. The molecule has 2 N–H and O–H groups in total. The van der Waals surface area contributed by atoms with E-state index < -0.39 is 0 Å². The van der Waals surface area contributed by atoms with Gasteiger partial charge >= 0.3 is 0 Å². The summed E-state index contributed by atoms with van der Waals surface area (Å²) in [6, 6.07) is 7.99. The smallest absolute Gasteiger partial charge is 0.227 e. The first-order chi connectivity index (χ1) is 9.29. The second-order valence-corrected chi connectivity index (χ2v) is 4.86.